The van der Waals surface area contributed by atoms with Crippen LogP contribution in [0.25, 0.3) is 11.4 Å². The van der Waals surface area contributed by atoms with Crippen LogP contribution >= 0.6 is 0 Å². The Labute approximate surface area is 86.0 Å². The highest BCUT2D eigenvalue weighted by Gasteiger charge is 2.10. The van der Waals surface area contributed by atoms with Gasteiger partial charge in [-0.2, -0.15) is 5.10 Å². The molecule has 2 aromatic rings. The Morgan fingerprint density at radius 2 is 2.13 bits per heavy atom. The van der Waals surface area contributed by atoms with Crippen molar-refractivity contribution in [2.45, 2.75) is 0 Å². The van der Waals surface area contributed by atoms with Crippen molar-refractivity contribution in [2.75, 3.05) is 19.0 Å². The fourth-order valence-electron chi connectivity index (χ4n) is 1.18. The lowest BCUT2D eigenvalue weighted by molar-refractivity contribution is 0.612. The van der Waals surface area contributed by atoms with Gasteiger partial charge in [-0.25, -0.2) is 14.4 Å². The van der Waals surface area contributed by atoms with E-state index in [0.29, 0.717) is 5.82 Å². The molecule has 2 heterocycles. The van der Waals surface area contributed by atoms with Crippen LogP contribution in [0.3, 0.4) is 0 Å². The number of H-pyrrole nitrogens is 1. The predicted octanol–water partition coefficient (Wildman–Crippen LogP) is 1.07. The van der Waals surface area contributed by atoms with Crippen molar-refractivity contribution in [3.05, 3.63) is 24.4 Å². The average molecular weight is 207 g/mol. The highest BCUT2D eigenvalue weighted by molar-refractivity contribution is 5.54. The summed E-state index contributed by atoms with van der Waals surface area (Å²) in [5.41, 5.74) is 0.734. The Kier molecular flexibility index (Phi) is 2.32. The summed E-state index contributed by atoms with van der Waals surface area (Å²) < 4.78 is 13.3. The fourth-order valence-corrected chi connectivity index (χ4v) is 1.18. The largest absolute Gasteiger partial charge is 0.360 e. The number of aromatic nitrogens is 4. The molecule has 0 spiro atoms. The van der Waals surface area contributed by atoms with Crippen molar-refractivity contribution in [1.82, 2.24) is 20.2 Å². The van der Waals surface area contributed by atoms with Gasteiger partial charge in [0.1, 0.15) is 0 Å². The van der Waals surface area contributed by atoms with Gasteiger partial charge in [-0.05, 0) is 0 Å². The topological polar surface area (TPSA) is 57.7 Å². The maximum Gasteiger partial charge on any atom is 0.183 e. The van der Waals surface area contributed by atoms with Gasteiger partial charge in [-0.3, -0.25) is 5.10 Å². The van der Waals surface area contributed by atoms with E-state index < -0.39 is 5.82 Å². The van der Waals surface area contributed by atoms with Crippen molar-refractivity contribution in [3.8, 4) is 11.4 Å². The van der Waals surface area contributed by atoms with Gasteiger partial charge in [-0.15, -0.1) is 0 Å². The lowest BCUT2D eigenvalue weighted by Gasteiger charge is -2.12. The molecule has 15 heavy (non-hydrogen) atoms. The van der Waals surface area contributed by atoms with Gasteiger partial charge < -0.3 is 4.90 Å². The summed E-state index contributed by atoms with van der Waals surface area (Å²) in [5.74, 6) is 0.280. The van der Waals surface area contributed by atoms with E-state index in [4.69, 9.17) is 0 Å². The molecular weight excluding hydrogens is 197 g/mol. The summed E-state index contributed by atoms with van der Waals surface area (Å²) in [6.45, 7) is 0. The minimum atomic E-state index is -0.438. The molecule has 6 heteroatoms. The third-order valence-corrected chi connectivity index (χ3v) is 1.91. The van der Waals surface area contributed by atoms with Crippen LogP contribution in [0.1, 0.15) is 0 Å². The zero-order valence-corrected chi connectivity index (χ0v) is 8.40. The highest BCUT2D eigenvalue weighted by atomic mass is 19.1. The Balaban J connectivity index is 2.48. The first kappa shape index (κ1) is 9.57. The zero-order chi connectivity index (χ0) is 10.8. The number of anilines is 1. The third kappa shape index (κ3) is 1.78. The summed E-state index contributed by atoms with van der Waals surface area (Å²) in [6, 6.07) is 0. The van der Waals surface area contributed by atoms with E-state index in [0.717, 1.165) is 11.8 Å². The van der Waals surface area contributed by atoms with Crippen molar-refractivity contribution in [2.24, 2.45) is 0 Å². The van der Waals surface area contributed by atoms with E-state index in [-0.39, 0.29) is 5.82 Å². The summed E-state index contributed by atoms with van der Waals surface area (Å²) in [4.78, 5) is 9.58. The van der Waals surface area contributed by atoms with E-state index in [1.165, 1.54) is 0 Å². The average Bonchev–Trinajstić information content (AvgIpc) is 2.71. The Morgan fingerprint density at radius 1 is 1.33 bits per heavy atom. The molecule has 0 atom stereocenters. The number of rotatable bonds is 2. The summed E-state index contributed by atoms with van der Waals surface area (Å²) >= 11 is 0. The molecule has 78 valence electrons. The molecule has 0 amide bonds. The normalized spacial score (nSPS) is 10.3. The summed E-state index contributed by atoms with van der Waals surface area (Å²) in [7, 11) is 3.45. The van der Waals surface area contributed by atoms with Gasteiger partial charge in [0, 0.05) is 20.3 Å². The molecule has 2 aromatic heterocycles. The molecule has 0 fully saturated rings. The standard InChI is InChI=1S/C9H10FN5/c1-15(2)9-7(10)5-11-8(14-9)6-3-12-13-4-6/h3-5H,1-2H3,(H,12,13). The van der Waals surface area contributed by atoms with Gasteiger partial charge in [0.05, 0.1) is 18.0 Å². The van der Waals surface area contributed by atoms with Gasteiger partial charge in [0.15, 0.2) is 17.5 Å². The minimum Gasteiger partial charge on any atom is -0.360 e. The van der Waals surface area contributed by atoms with Gasteiger partial charge in [0.25, 0.3) is 0 Å². The molecule has 0 bridgehead atoms. The maximum atomic E-state index is 13.3. The molecule has 1 N–H and O–H groups in total. The molecule has 0 aliphatic rings. The molecule has 0 aliphatic heterocycles. The molecule has 2 rings (SSSR count). The summed E-state index contributed by atoms with van der Waals surface area (Å²) in [6.07, 6.45) is 4.41. The molecule has 0 radical (unpaired) electrons. The number of halogens is 1. The molecule has 0 aliphatic carbocycles. The van der Waals surface area contributed by atoms with Gasteiger partial charge in [-0.1, -0.05) is 0 Å². The maximum absolute atomic E-state index is 13.3. The van der Waals surface area contributed by atoms with Crippen LogP contribution in [0.5, 0.6) is 0 Å². The second kappa shape index (κ2) is 3.64. The number of hydrogen-bond acceptors (Lipinski definition) is 4. The number of nitrogens with zero attached hydrogens (tertiary/aromatic N) is 4. The first-order chi connectivity index (χ1) is 7.18. The molecule has 0 aromatic carbocycles. The summed E-state index contributed by atoms with van der Waals surface area (Å²) in [5, 5.41) is 6.44. The number of aromatic amines is 1. The van der Waals surface area contributed by atoms with Crippen molar-refractivity contribution < 1.29 is 4.39 Å². The Morgan fingerprint density at radius 3 is 2.73 bits per heavy atom. The zero-order valence-electron chi connectivity index (χ0n) is 8.40. The number of hydrogen-bond donors (Lipinski definition) is 1. The van der Waals surface area contributed by atoms with Crippen LogP contribution in [-0.2, 0) is 0 Å². The van der Waals surface area contributed by atoms with E-state index >= 15 is 0 Å². The second-order valence-electron chi connectivity index (χ2n) is 3.25. The Hall–Kier alpha value is -1.98. The van der Waals surface area contributed by atoms with Crippen LogP contribution in [-0.4, -0.2) is 34.3 Å². The smallest absolute Gasteiger partial charge is 0.183 e. The molecule has 0 unspecified atom stereocenters. The van der Waals surface area contributed by atoms with Crippen molar-refractivity contribution in [1.29, 1.82) is 0 Å². The first-order valence-electron chi connectivity index (χ1n) is 4.37. The van der Waals surface area contributed by atoms with Gasteiger partial charge in [0.2, 0.25) is 0 Å². The minimum absolute atomic E-state index is 0.265. The highest BCUT2D eigenvalue weighted by Crippen LogP contribution is 2.18. The second-order valence-corrected chi connectivity index (χ2v) is 3.25. The van der Waals surface area contributed by atoms with E-state index in [1.54, 1.807) is 31.4 Å². The lowest BCUT2D eigenvalue weighted by Crippen LogP contribution is -2.13. The van der Waals surface area contributed by atoms with Crippen molar-refractivity contribution in [3.63, 3.8) is 0 Å². The third-order valence-electron chi connectivity index (χ3n) is 1.91. The molecule has 0 saturated heterocycles. The predicted molar refractivity (Wildman–Crippen MR) is 53.9 cm³/mol. The molecular formula is C9H10FN5. The Bertz CT molecular complexity index is 452. The fraction of sp³-hybridized carbons (Fsp3) is 0.222. The quantitative estimate of drug-likeness (QED) is 0.800. The van der Waals surface area contributed by atoms with Gasteiger partial charge >= 0.3 is 0 Å². The van der Waals surface area contributed by atoms with E-state index in [9.17, 15) is 4.39 Å². The van der Waals surface area contributed by atoms with Crippen LogP contribution < -0.4 is 4.90 Å². The lowest BCUT2D eigenvalue weighted by atomic mass is 10.3. The van der Waals surface area contributed by atoms with Crippen LogP contribution in [0.2, 0.25) is 0 Å². The van der Waals surface area contributed by atoms with Crippen LogP contribution in [0.15, 0.2) is 18.6 Å². The number of nitrogens with one attached hydrogen (secondary N) is 1. The molecule has 5 nitrogen and oxygen atoms in total. The van der Waals surface area contributed by atoms with Crippen LogP contribution in [0.4, 0.5) is 10.2 Å². The SMILES string of the molecule is CN(C)c1nc(-c2cn[nH]c2)ncc1F. The monoisotopic (exact) mass is 207 g/mol. The van der Waals surface area contributed by atoms with Crippen molar-refractivity contribution >= 4 is 5.82 Å². The van der Waals surface area contributed by atoms with Crippen LogP contribution in [0, 0.1) is 5.82 Å². The molecule has 0 saturated carbocycles. The van der Waals surface area contributed by atoms with E-state index in [1.807, 2.05) is 0 Å². The van der Waals surface area contributed by atoms with E-state index in [2.05, 4.69) is 20.2 Å². The first-order valence-corrected chi connectivity index (χ1v) is 4.37.